The first-order chi connectivity index (χ1) is 12.7. The fraction of sp³-hybridized carbons (Fsp3) is 0.429. The van der Waals surface area contributed by atoms with Gasteiger partial charge in [0.25, 0.3) is 0 Å². The SMILES string of the molecule is COc1ccc2cc(/C(C)=N/NC(=O)CCN3CCCCC3)ccc2c1. The van der Waals surface area contributed by atoms with Crippen LogP contribution in [0.5, 0.6) is 5.75 Å². The Morgan fingerprint density at radius 1 is 1.12 bits per heavy atom. The van der Waals surface area contributed by atoms with E-state index in [2.05, 4.69) is 21.5 Å². The third-order valence-corrected chi connectivity index (χ3v) is 4.92. The summed E-state index contributed by atoms with van der Waals surface area (Å²) in [5.41, 5.74) is 4.49. The van der Waals surface area contributed by atoms with Gasteiger partial charge in [-0.05, 0) is 67.4 Å². The van der Waals surface area contributed by atoms with Crippen LogP contribution in [0.3, 0.4) is 0 Å². The van der Waals surface area contributed by atoms with Crippen molar-refractivity contribution < 1.29 is 9.53 Å². The quantitative estimate of drug-likeness (QED) is 0.638. The van der Waals surface area contributed by atoms with Crippen molar-refractivity contribution in [3.8, 4) is 5.75 Å². The average Bonchev–Trinajstić information content (AvgIpc) is 2.70. The van der Waals surface area contributed by atoms with Crippen molar-refractivity contribution in [3.05, 3.63) is 42.0 Å². The van der Waals surface area contributed by atoms with E-state index >= 15 is 0 Å². The molecule has 0 spiro atoms. The van der Waals surface area contributed by atoms with E-state index in [-0.39, 0.29) is 5.91 Å². The minimum atomic E-state index is -0.0274. The van der Waals surface area contributed by atoms with Crippen molar-refractivity contribution in [3.63, 3.8) is 0 Å². The molecule has 0 atom stereocenters. The van der Waals surface area contributed by atoms with Crippen LogP contribution < -0.4 is 10.2 Å². The van der Waals surface area contributed by atoms with E-state index in [1.165, 1.54) is 19.3 Å². The number of hydrogen-bond acceptors (Lipinski definition) is 4. The number of rotatable bonds is 6. The molecule has 26 heavy (non-hydrogen) atoms. The van der Waals surface area contributed by atoms with Gasteiger partial charge in [-0.1, -0.05) is 24.6 Å². The lowest BCUT2D eigenvalue weighted by Crippen LogP contribution is -2.33. The summed E-state index contributed by atoms with van der Waals surface area (Å²) in [7, 11) is 1.67. The van der Waals surface area contributed by atoms with Crippen molar-refractivity contribution >= 4 is 22.4 Å². The van der Waals surface area contributed by atoms with Crippen LogP contribution in [0.4, 0.5) is 0 Å². The standard InChI is InChI=1S/C21H27N3O2/c1-16(22-23-21(25)10-13-24-11-4-3-5-12-24)17-6-7-19-15-20(26-2)9-8-18(19)14-17/h6-9,14-15H,3-5,10-13H2,1-2H3,(H,23,25)/b22-16+. The topological polar surface area (TPSA) is 53.9 Å². The summed E-state index contributed by atoms with van der Waals surface area (Å²) < 4.78 is 5.26. The summed E-state index contributed by atoms with van der Waals surface area (Å²) in [5.74, 6) is 0.817. The summed E-state index contributed by atoms with van der Waals surface area (Å²) >= 11 is 0. The Morgan fingerprint density at radius 2 is 1.85 bits per heavy atom. The highest BCUT2D eigenvalue weighted by Crippen LogP contribution is 2.22. The highest BCUT2D eigenvalue weighted by atomic mass is 16.5. The smallest absolute Gasteiger partial charge is 0.241 e. The molecule has 2 aromatic rings. The van der Waals surface area contributed by atoms with E-state index < -0.39 is 0 Å². The number of fused-ring (bicyclic) bond motifs is 1. The molecule has 0 saturated carbocycles. The lowest BCUT2D eigenvalue weighted by atomic mass is 10.0. The molecule has 0 aliphatic carbocycles. The highest BCUT2D eigenvalue weighted by molar-refractivity contribution is 6.02. The van der Waals surface area contributed by atoms with Crippen LogP contribution in [-0.2, 0) is 4.79 Å². The third kappa shape index (κ3) is 4.82. The maximum absolute atomic E-state index is 12.0. The molecule has 1 aliphatic heterocycles. The number of hydrogen-bond donors (Lipinski definition) is 1. The summed E-state index contributed by atoms with van der Waals surface area (Å²) in [6.45, 7) is 4.95. The van der Waals surface area contributed by atoms with Gasteiger partial charge >= 0.3 is 0 Å². The average molecular weight is 353 g/mol. The van der Waals surface area contributed by atoms with Crippen LogP contribution >= 0.6 is 0 Å². The van der Waals surface area contributed by atoms with Gasteiger partial charge in [0.1, 0.15) is 5.75 Å². The van der Waals surface area contributed by atoms with E-state index in [0.717, 1.165) is 47.4 Å². The molecule has 1 saturated heterocycles. The largest absolute Gasteiger partial charge is 0.497 e. The fourth-order valence-corrected chi connectivity index (χ4v) is 3.29. The number of benzene rings is 2. The van der Waals surface area contributed by atoms with Gasteiger partial charge in [-0.25, -0.2) is 5.43 Å². The molecule has 138 valence electrons. The van der Waals surface area contributed by atoms with Crippen molar-refractivity contribution in [1.82, 2.24) is 10.3 Å². The van der Waals surface area contributed by atoms with E-state index in [9.17, 15) is 4.79 Å². The molecule has 1 aliphatic rings. The number of piperidine rings is 1. The van der Waals surface area contributed by atoms with Crippen LogP contribution in [-0.4, -0.2) is 43.3 Å². The van der Waals surface area contributed by atoms with Crippen molar-refractivity contribution in [1.29, 1.82) is 0 Å². The van der Waals surface area contributed by atoms with Gasteiger partial charge in [0, 0.05) is 13.0 Å². The number of carbonyl (C=O) groups is 1. The second-order valence-corrected chi connectivity index (χ2v) is 6.81. The number of amides is 1. The molecule has 0 aromatic heterocycles. The van der Waals surface area contributed by atoms with Gasteiger partial charge in [0.15, 0.2) is 0 Å². The summed E-state index contributed by atoms with van der Waals surface area (Å²) in [4.78, 5) is 14.4. The molecular weight excluding hydrogens is 326 g/mol. The minimum Gasteiger partial charge on any atom is -0.497 e. The lowest BCUT2D eigenvalue weighted by Gasteiger charge is -2.25. The van der Waals surface area contributed by atoms with Gasteiger partial charge in [-0.3, -0.25) is 4.79 Å². The summed E-state index contributed by atoms with van der Waals surface area (Å²) in [5, 5.41) is 6.51. The predicted molar refractivity (Wildman–Crippen MR) is 106 cm³/mol. The van der Waals surface area contributed by atoms with Gasteiger partial charge in [-0.2, -0.15) is 5.10 Å². The molecule has 1 heterocycles. The fourth-order valence-electron chi connectivity index (χ4n) is 3.29. The highest BCUT2D eigenvalue weighted by Gasteiger charge is 2.11. The maximum atomic E-state index is 12.0. The van der Waals surface area contributed by atoms with E-state index in [4.69, 9.17) is 4.74 Å². The monoisotopic (exact) mass is 353 g/mol. The molecule has 5 heteroatoms. The predicted octanol–water partition coefficient (Wildman–Crippen LogP) is 3.56. The number of nitrogens with zero attached hydrogens (tertiary/aromatic N) is 2. The lowest BCUT2D eigenvalue weighted by molar-refractivity contribution is -0.121. The first-order valence-electron chi connectivity index (χ1n) is 9.29. The van der Waals surface area contributed by atoms with Gasteiger partial charge in [0.2, 0.25) is 5.91 Å². The van der Waals surface area contributed by atoms with Gasteiger partial charge in [0.05, 0.1) is 12.8 Å². The molecule has 0 bridgehead atoms. The zero-order valence-electron chi connectivity index (χ0n) is 15.6. The second-order valence-electron chi connectivity index (χ2n) is 6.81. The number of methoxy groups -OCH3 is 1. The van der Waals surface area contributed by atoms with Crippen LogP contribution in [0.25, 0.3) is 10.8 Å². The van der Waals surface area contributed by atoms with E-state index in [0.29, 0.717) is 6.42 Å². The summed E-state index contributed by atoms with van der Waals surface area (Å²) in [6, 6.07) is 12.1. The summed E-state index contributed by atoms with van der Waals surface area (Å²) in [6.07, 6.45) is 4.29. The number of likely N-dealkylation sites (tertiary alicyclic amines) is 1. The van der Waals surface area contributed by atoms with Gasteiger partial charge < -0.3 is 9.64 Å². The molecular formula is C21H27N3O2. The van der Waals surface area contributed by atoms with Gasteiger partial charge in [-0.15, -0.1) is 0 Å². The Balaban J connectivity index is 1.58. The molecule has 1 amide bonds. The third-order valence-electron chi connectivity index (χ3n) is 4.92. The Labute approximate surface area is 155 Å². The van der Waals surface area contributed by atoms with Crippen molar-refractivity contribution in [2.75, 3.05) is 26.7 Å². The second kappa shape index (κ2) is 8.81. The Bertz CT molecular complexity index is 795. The molecule has 0 unspecified atom stereocenters. The molecule has 1 fully saturated rings. The first-order valence-corrected chi connectivity index (χ1v) is 9.29. The van der Waals surface area contributed by atoms with Crippen LogP contribution in [0.2, 0.25) is 0 Å². The number of carbonyl (C=O) groups excluding carboxylic acids is 1. The molecule has 2 aromatic carbocycles. The number of hydrazone groups is 1. The Morgan fingerprint density at radius 3 is 2.62 bits per heavy atom. The zero-order chi connectivity index (χ0) is 18.4. The maximum Gasteiger partial charge on any atom is 0.241 e. The Hall–Kier alpha value is -2.40. The molecule has 1 N–H and O–H groups in total. The Kier molecular flexibility index (Phi) is 6.23. The number of ether oxygens (including phenoxy) is 1. The van der Waals surface area contributed by atoms with Crippen molar-refractivity contribution in [2.45, 2.75) is 32.6 Å². The number of nitrogens with one attached hydrogen (secondary N) is 1. The normalized spacial score (nSPS) is 15.8. The van der Waals surface area contributed by atoms with Crippen LogP contribution in [0.15, 0.2) is 41.5 Å². The molecule has 5 nitrogen and oxygen atoms in total. The molecule has 3 rings (SSSR count). The zero-order valence-corrected chi connectivity index (χ0v) is 15.6. The first kappa shape index (κ1) is 18.4. The molecule has 0 radical (unpaired) electrons. The van der Waals surface area contributed by atoms with E-state index in [1.54, 1.807) is 7.11 Å². The minimum absolute atomic E-state index is 0.0274. The van der Waals surface area contributed by atoms with Crippen LogP contribution in [0.1, 0.15) is 38.2 Å². The van der Waals surface area contributed by atoms with Crippen molar-refractivity contribution in [2.24, 2.45) is 5.10 Å². The van der Waals surface area contributed by atoms with E-state index in [1.807, 2.05) is 37.3 Å². The van der Waals surface area contributed by atoms with Crippen LogP contribution in [0, 0.1) is 0 Å².